The summed E-state index contributed by atoms with van der Waals surface area (Å²) in [5.74, 6) is -0.576. The minimum absolute atomic E-state index is 0.116. The van der Waals surface area contributed by atoms with Crippen LogP contribution in [0.5, 0.6) is 5.75 Å². The van der Waals surface area contributed by atoms with E-state index in [0.29, 0.717) is 29.2 Å². The average molecular weight is 355 g/mol. The first-order valence-electron chi connectivity index (χ1n) is 8.23. The molecule has 0 bridgehead atoms. The van der Waals surface area contributed by atoms with Crippen LogP contribution in [0, 0.1) is 0 Å². The highest BCUT2D eigenvalue weighted by Crippen LogP contribution is 2.27. The molecular weight excluding hydrogens is 334 g/mol. The van der Waals surface area contributed by atoms with Crippen molar-refractivity contribution in [2.75, 3.05) is 19.0 Å². The SMILES string of the molecule is CCCOc1ccc(C(C)=O)cc1NC(=O)c1cccc(C(=O)OC)c1. The summed E-state index contributed by atoms with van der Waals surface area (Å²) in [6, 6.07) is 11.1. The van der Waals surface area contributed by atoms with Crippen LogP contribution in [-0.2, 0) is 4.74 Å². The molecule has 1 N–H and O–H groups in total. The van der Waals surface area contributed by atoms with Crippen molar-refractivity contribution < 1.29 is 23.9 Å². The normalized spacial score (nSPS) is 10.1. The zero-order valence-corrected chi connectivity index (χ0v) is 15.0. The lowest BCUT2D eigenvalue weighted by molar-refractivity contribution is 0.0600. The molecular formula is C20H21NO5. The van der Waals surface area contributed by atoms with Gasteiger partial charge in [-0.05, 0) is 49.7 Å². The number of hydrogen-bond donors (Lipinski definition) is 1. The van der Waals surface area contributed by atoms with Gasteiger partial charge >= 0.3 is 5.97 Å². The van der Waals surface area contributed by atoms with Crippen LogP contribution >= 0.6 is 0 Å². The number of rotatable bonds is 7. The van der Waals surface area contributed by atoms with Gasteiger partial charge in [-0.15, -0.1) is 0 Å². The first kappa shape index (κ1) is 19.2. The Morgan fingerprint density at radius 3 is 2.38 bits per heavy atom. The number of methoxy groups -OCH3 is 1. The van der Waals surface area contributed by atoms with Crippen molar-refractivity contribution in [3.05, 3.63) is 59.2 Å². The van der Waals surface area contributed by atoms with E-state index in [0.717, 1.165) is 6.42 Å². The van der Waals surface area contributed by atoms with Crippen molar-refractivity contribution in [3.8, 4) is 5.75 Å². The summed E-state index contributed by atoms with van der Waals surface area (Å²) in [4.78, 5) is 35.8. The molecule has 0 unspecified atom stereocenters. The standard InChI is InChI=1S/C20H21NO5/c1-4-10-26-18-9-8-14(13(2)22)12-17(18)21-19(23)15-6-5-7-16(11-15)20(24)25-3/h5-9,11-12H,4,10H2,1-3H3,(H,21,23). The third kappa shape index (κ3) is 4.69. The van der Waals surface area contributed by atoms with Crippen LogP contribution in [-0.4, -0.2) is 31.4 Å². The van der Waals surface area contributed by atoms with Gasteiger partial charge in [0, 0.05) is 11.1 Å². The first-order chi connectivity index (χ1) is 12.5. The number of carbonyl (C=O) groups excluding carboxylic acids is 3. The van der Waals surface area contributed by atoms with Gasteiger partial charge in [-0.3, -0.25) is 9.59 Å². The summed E-state index contributed by atoms with van der Waals surface area (Å²) >= 11 is 0. The highest BCUT2D eigenvalue weighted by molar-refractivity contribution is 6.07. The second-order valence-corrected chi connectivity index (χ2v) is 5.64. The maximum absolute atomic E-state index is 12.6. The molecule has 0 fully saturated rings. The molecule has 1 amide bonds. The number of benzene rings is 2. The smallest absolute Gasteiger partial charge is 0.337 e. The lowest BCUT2D eigenvalue weighted by Crippen LogP contribution is -2.14. The van der Waals surface area contributed by atoms with E-state index in [1.165, 1.54) is 20.1 Å². The largest absolute Gasteiger partial charge is 0.491 e. The lowest BCUT2D eigenvalue weighted by Gasteiger charge is -2.13. The van der Waals surface area contributed by atoms with Crippen LogP contribution in [0.25, 0.3) is 0 Å². The van der Waals surface area contributed by atoms with Crippen molar-refractivity contribution in [2.24, 2.45) is 0 Å². The number of carbonyl (C=O) groups is 3. The molecule has 0 saturated carbocycles. The van der Waals surface area contributed by atoms with Crippen LogP contribution in [0.2, 0.25) is 0 Å². The molecule has 2 aromatic rings. The number of anilines is 1. The Balaban J connectivity index is 2.30. The zero-order valence-electron chi connectivity index (χ0n) is 15.0. The van der Waals surface area contributed by atoms with Gasteiger partial charge in [0.15, 0.2) is 5.78 Å². The summed E-state index contributed by atoms with van der Waals surface area (Å²) < 4.78 is 10.3. The molecule has 0 saturated heterocycles. The number of amides is 1. The number of hydrogen-bond acceptors (Lipinski definition) is 5. The Morgan fingerprint density at radius 1 is 1.00 bits per heavy atom. The van der Waals surface area contributed by atoms with E-state index in [1.807, 2.05) is 6.92 Å². The monoisotopic (exact) mass is 355 g/mol. The van der Waals surface area contributed by atoms with Crippen LogP contribution < -0.4 is 10.1 Å². The molecule has 0 spiro atoms. The van der Waals surface area contributed by atoms with E-state index in [-0.39, 0.29) is 11.3 Å². The number of Topliss-reactive ketones (excluding diaryl/α,β-unsaturated/α-hetero) is 1. The molecule has 26 heavy (non-hydrogen) atoms. The van der Waals surface area contributed by atoms with Crippen molar-refractivity contribution >= 4 is 23.3 Å². The molecule has 6 heteroatoms. The molecule has 2 aromatic carbocycles. The predicted octanol–water partition coefficient (Wildman–Crippen LogP) is 3.72. The molecule has 6 nitrogen and oxygen atoms in total. The number of ketones is 1. The number of esters is 1. The van der Waals surface area contributed by atoms with Crippen LogP contribution in [0.1, 0.15) is 51.3 Å². The second-order valence-electron chi connectivity index (χ2n) is 5.64. The summed E-state index contributed by atoms with van der Waals surface area (Å²) in [6.45, 7) is 3.91. The molecule has 136 valence electrons. The van der Waals surface area contributed by atoms with Crippen molar-refractivity contribution in [2.45, 2.75) is 20.3 Å². The molecule has 0 atom stereocenters. The molecule has 0 aliphatic heterocycles. The quantitative estimate of drug-likeness (QED) is 0.605. The van der Waals surface area contributed by atoms with Gasteiger partial charge in [0.05, 0.1) is 25.0 Å². The van der Waals surface area contributed by atoms with Crippen LogP contribution in [0.3, 0.4) is 0 Å². The summed E-state index contributed by atoms with van der Waals surface area (Å²) in [5.41, 5.74) is 1.44. The Bertz CT molecular complexity index is 829. The van der Waals surface area contributed by atoms with Crippen molar-refractivity contribution in [1.29, 1.82) is 0 Å². The average Bonchev–Trinajstić information content (AvgIpc) is 2.66. The third-order valence-corrected chi connectivity index (χ3v) is 3.64. The Hall–Kier alpha value is -3.15. The Labute approximate surface area is 152 Å². The number of ether oxygens (including phenoxy) is 2. The van der Waals surface area contributed by atoms with Gasteiger partial charge in [0.2, 0.25) is 0 Å². The van der Waals surface area contributed by atoms with Crippen LogP contribution in [0.15, 0.2) is 42.5 Å². The highest BCUT2D eigenvalue weighted by Gasteiger charge is 2.14. The molecule has 0 aliphatic rings. The molecule has 0 aromatic heterocycles. The summed E-state index contributed by atoms with van der Waals surface area (Å²) in [6.07, 6.45) is 0.809. The molecule has 2 rings (SSSR count). The lowest BCUT2D eigenvalue weighted by atomic mass is 10.1. The van der Waals surface area contributed by atoms with E-state index in [4.69, 9.17) is 4.74 Å². The first-order valence-corrected chi connectivity index (χ1v) is 8.23. The minimum Gasteiger partial charge on any atom is -0.491 e. The van der Waals surface area contributed by atoms with E-state index in [2.05, 4.69) is 10.1 Å². The zero-order chi connectivity index (χ0) is 19.1. The highest BCUT2D eigenvalue weighted by atomic mass is 16.5. The van der Waals surface area contributed by atoms with E-state index >= 15 is 0 Å². The van der Waals surface area contributed by atoms with Gasteiger partial charge < -0.3 is 14.8 Å². The Kier molecular flexibility index (Phi) is 6.49. The second kappa shape index (κ2) is 8.80. The van der Waals surface area contributed by atoms with Crippen molar-refractivity contribution in [1.82, 2.24) is 0 Å². The van der Waals surface area contributed by atoms with E-state index < -0.39 is 11.9 Å². The van der Waals surface area contributed by atoms with Gasteiger partial charge in [0.1, 0.15) is 5.75 Å². The maximum atomic E-state index is 12.6. The van der Waals surface area contributed by atoms with Crippen molar-refractivity contribution in [3.63, 3.8) is 0 Å². The van der Waals surface area contributed by atoms with Gasteiger partial charge in [0.25, 0.3) is 5.91 Å². The fourth-order valence-electron chi connectivity index (χ4n) is 2.28. The van der Waals surface area contributed by atoms with Gasteiger partial charge in [-0.25, -0.2) is 4.79 Å². The predicted molar refractivity (Wildman–Crippen MR) is 98.0 cm³/mol. The summed E-state index contributed by atoms with van der Waals surface area (Å²) in [5, 5.41) is 2.75. The Morgan fingerprint density at radius 2 is 1.73 bits per heavy atom. The fraction of sp³-hybridized carbons (Fsp3) is 0.250. The molecule has 0 aliphatic carbocycles. The van der Waals surface area contributed by atoms with E-state index in [9.17, 15) is 14.4 Å². The maximum Gasteiger partial charge on any atom is 0.337 e. The topological polar surface area (TPSA) is 81.7 Å². The molecule has 0 radical (unpaired) electrons. The number of nitrogens with one attached hydrogen (secondary N) is 1. The van der Waals surface area contributed by atoms with E-state index in [1.54, 1.807) is 36.4 Å². The van der Waals surface area contributed by atoms with Gasteiger partial charge in [-0.2, -0.15) is 0 Å². The van der Waals surface area contributed by atoms with Gasteiger partial charge in [-0.1, -0.05) is 13.0 Å². The fourth-order valence-corrected chi connectivity index (χ4v) is 2.28. The molecule has 0 heterocycles. The minimum atomic E-state index is -0.523. The van der Waals surface area contributed by atoms with Crippen LogP contribution in [0.4, 0.5) is 5.69 Å². The summed E-state index contributed by atoms with van der Waals surface area (Å²) in [7, 11) is 1.28. The third-order valence-electron chi connectivity index (χ3n) is 3.64.